The summed E-state index contributed by atoms with van der Waals surface area (Å²) in [4.78, 5) is 0.429. The first-order valence-electron chi connectivity index (χ1n) is 9.35. The normalized spacial score (nSPS) is 20.8. The van der Waals surface area contributed by atoms with E-state index in [0.29, 0.717) is 17.4 Å². The lowest BCUT2D eigenvalue weighted by molar-refractivity contribution is 0.286. The molecule has 1 atom stereocenters. The zero-order valence-corrected chi connectivity index (χ0v) is 15.7. The summed E-state index contributed by atoms with van der Waals surface area (Å²) in [7, 11) is -3.40. The van der Waals surface area contributed by atoms with E-state index in [1.807, 2.05) is 19.1 Å². The summed E-state index contributed by atoms with van der Waals surface area (Å²) in [6.45, 7) is 4.84. The van der Waals surface area contributed by atoms with Gasteiger partial charge in [-0.1, -0.05) is 43.9 Å². The highest BCUT2D eigenvalue weighted by Crippen LogP contribution is 2.47. The second-order valence-corrected chi connectivity index (χ2v) is 9.10. The lowest BCUT2D eigenvalue weighted by atomic mass is 9.75. The summed E-state index contributed by atoms with van der Waals surface area (Å²) in [5, 5.41) is 0. The van der Waals surface area contributed by atoms with Crippen molar-refractivity contribution in [3.63, 3.8) is 0 Å². The molecule has 1 unspecified atom stereocenters. The van der Waals surface area contributed by atoms with Crippen LogP contribution in [0.1, 0.15) is 63.9 Å². The number of hydrogen-bond donors (Lipinski definition) is 0. The molecule has 0 bridgehead atoms. The van der Waals surface area contributed by atoms with Gasteiger partial charge in [0.15, 0.2) is 0 Å². The molecule has 24 heavy (non-hydrogen) atoms. The fourth-order valence-electron chi connectivity index (χ4n) is 3.96. The largest absolute Gasteiger partial charge is 0.270 e. The van der Waals surface area contributed by atoms with Crippen LogP contribution in [0.15, 0.2) is 40.4 Å². The van der Waals surface area contributed by atoms with Crippen molar-refractivity contribution in [2.45, 2.75) is 70.1 Å². The molecule has 0 amide bonds. The van der Waals surface area contributed by atoms with Gasteiger partial charge >= 0.3 is 0 Å². The number of benzene rings is 1. The molecule has 1 aromatic rings. The molecular formula is C20H29NO2S. The number of piperidine rings is 1. The lowest BCUT2D eigenvalue weighted by Gasteiger charge is -2.44. The number of nitrogens with zero attached hydrogens (tertiary/aromatic N) is 1. The van der Waals surface area contributed by atoms with Crippen molar-refractivity contribution < 1.29 is 8.42 Å². The second-order valence-electron chi connectivity index (χ2n) is 7.23. The van der Waals surface area contributed by atoms with Gasteiger partial charge < -0.3 is 0 Å². The highest BCUT2D eigenvalue weighted by atomic mass is 32.2. The van der Waals surface area contributed by atoms with Crippen molar-refractivity contribution in [2.75, 3.05) is 6.54 Å². The van der Waals surface area contributed by atoms with Crippen LogP contribution in [0.4, 0.5) is 0 Å². The Morgan fingerprint density at radius 1 is 1.12 bits per heavy atom. The van der Waals surface area contributed by atoms with Crippen molar-refractivity contribution in [1.29, 1.82) is 0 Å². The monoisotopic (exact) mass is 347 g/mol. The minimum absolute atomic E-state index is 0.429. The van der Waals surface area contributed by atoms with Crippen molar-refractivity contribution in [1.82, 2.24) is 4.31 Å². The van der Waals surface area contributed by atoms with Crippen LogP contribution < -0.4 is 0 Å². The van der Waals surface area contributed by atoms with Crippen molar-refractivity contribution in [2.24, 2.45) is 5.92 Å². The fraction of sp³-hybridized carbons (Fsp3) is 0.600. The predicted molar refractivity (Wildman–Crippen MR) is 98.2 cm³/mol. The van der Waals surface area contributed by atoms with Gasteiger partial charge in [-0.25, -0.2) is 8.42 Å². The SMILES string of the molecule is CCCCCCC1=C2C(CCCN2S(=O)(=O)c2ccc(C)cc2)C1. The van der Waals surface area contributed by atoms with Crippen molar-refractivity contribution in [3.05, 3.63) is 41.1 Å². The van der Waals surface area contributed by atoms with E-state index >= 15 is 0 Å². The number of fused-ring (bicyclic) bond motifs is 1. The molecule has 1 saturated heterocycles. The smallest absolute Gasteiger partial charge is 0.264 e. The first kappa shape index (κ1) is 17.5. The molecule has 0 aromatic heterocycles. The van der Waals surface area contributed by atoms with E-state index in [1.54, 1.807) is 16.4 Å². The standard InChI is InChI=1S/C20H29NO2S/c1-3-4-5-6-8-17-15-18-9-7-14-21(20(17)18)24(22,23)19-12-10-16(2)11-13-19/h10-13,18H,3-9,14-15H2,1-2H3. The molecule has 3 nitrogen and oxygen atoms in total. The van der Waals surface area contributed by atoms with Gasteiger partial charge in [0.05, 0.1) is 4.90 Å². The molecule has 3 rings (SSSR count). The molecule has 1 heterocycles. The Labute approximate surface area is 146 Å². The Morgan fingerprint density at radius 3 is 2.58 bits per heavy atom. The van der Waals surface area contributed by atoms with Crippen LogP contribution in [-0.2, 0) is 10.0 Å². The molecule has 1 fully saturated rings. The maximum atomic E-state index is 13.1. The van der Waals surface area contributed by atoms with E-state index in [2.05, 4.69) is 6.92 Å². The topological polar surface area (TPSA) is 37.4 Å². The Bertz CT molecular complexity index is 704. The summed E-state index contributed by atoms with van der Waals surface area (Å²) in [6.07, 6.45) is 9.27. The van der Waals surface area contributed by atoms with E-state index in [-0.39, 0.29) is 0 Å². The number of hydrogen-bond acceptors (Lipinski definition) is 2. The van der Waals surface area contributed by atoms with Gasteiger partial charge in [0.1, 0.15) is 0 Å². The third-order valence-corrected chi connectivity index (χ3v) is 7.19. The minimum Gasteiger partial charge on any atom is -0.270 e. The molecule has 0 spiro atoms. The van der Waals surface area contributed by atoms with E-state index in [9.17, 15) is 8.42 Å². The summed E-state index contributed by atoms with van der Waals surface area (Å²) in [5.74, 6) is 0.472. The quantitative estimate of drug-likeness (QED) is 0.649. The second kappa shape index (κ2) is 7.30. The summed E-state index contributed by atoms with van der Waals surface area (Å²) in [5.41, 5.74) is 3.62. The van der Waals surface area contributed by atoms with Crippen LogP contribution in [-0.4, -0.2) is 19.3 Å². The highest BCUT2D eigenvalue weighted by Gasteiger charge is 2.40. The molecule has 1 aromatic carbocycles. The maximum absolute atomic E-state index is 13.1. The van der Waals surface area contributed by atoms with Crippen LogP contribution in [0.3, 0.4) is 0 Å². The Kier molecular flexibility index (Phi) is 5.33. The van der Waals surface area contributed by atoms with Crippen LogP contribution in [0.25, 0.3) is 0 Å². The first-order valence-corrected chi connectivity index (χ1v) is 10.8. The molecule has 0 N–H and O–H groups in total. The van der Waals surface area contributed by atoms with Crippen LogP contribution >= 0.6 is 0 Å². The Morgan fingerprint density at radius 2 is 1.88 bits per heavy atom. The average molecular weight is 348 g/mol. The van der Waals surface area contributed by atoms with E-state index < -0.39 is 10.0 Å². The van der Waals surface area contributed by atoms with Gasteiger partial charge in [0, 0.05) is 18.2 Å². The third kappa shape index (κ3) is 3.39. The molecule has 0 saturated carbocycles. The molecule has 1 aliphatic heterocycles. The maximum Gasteiger partial charge on any atom is 0.264 e. The van der Waals surface area contributed by atoms with Crippen LogP contribution in [0, 0.1) is 12.8 Å². The molecule has 4 heteroatoms. The van der Waals surface area contributed by atoms with Crippen LogP contribution in [0.5, 0.6) is 0 Å². The van der Waals surface area contributed by atoms with Crippen molar-refractivity contribution in [3.8, 4) is 0 Å². The zero-order valence-electron chi connectivity index (χ0n) is 14.9. The van der Waals surface area contributed by atoms with E-state index in [4.69, 9.17) is 0 Å². The van der Waals surface area contributed by atoms with Crippen molar-refractivity contribution >= 4 is 10.0 Å². The number of unbranched alkanes of at least 4 members (excludes halogenated alkanes) is 3. The predicted octanol–water partition coefficient (Wildman–Crippen LogP) is 5.02. The van der Waals surface area contributed by atoms with Gasteiger partial charge in [0.25, 0.3) is 10.0 Å². The zero-order chi connectivity index (χ0) is 17.2. The number of aryl methyl sites for hydroxylation is 1. The van der Waals surface area contributed by atoms with Gasteiger partial charge in [-0.2, -0.15) is 0 Å². The summed E-state index contributed by atoms with van der Waals surface area (Å²) < 4.78 is 27.9. The lowest BCUT2D eigenvalue weighted by Crippen LogP contribution is -2.43. The molecule has 132 valence electrons. The first-order chi connectivity index (χ1) is 11.5. The minimum atomic E-state index is -3.40. The number of sulfonamides is 1. The van der Waals surface area contributed by atoms with Gasteiger partial charge in [-0.15, -0.1) is 0 Å². The highest BCUT2D eigenvalue weighted by molar-refractivity contribution is 7.89. The molecule has 1 aliphatic carbocycles. The van der Waals surface area contributed by atoms with Gasteiger partial charge in [0.2, 0.25) is 0 Å². The molecule has 2 aliphatic rings. The number of rotatable bonds is 7. The van der Waals surface area contributed by atoms with Crippen LogP contribution in [0.2, 0.25) is 0 Å². The summed E-state index contributed by atoms with van der Waals surface area (Å²) >= 11 is 0. The van der Waals surface area contributed by atoms with E-state index in [0.717, 1.165) is 36.9 Å². The van der Waals surface area contributed by atoms with E-state index in [1.165, 1.54) is 31.3 Å². The Hall–Kier alpha value is -1.29. The summed E-state index contributed by atoms with van der Waals surface area (Å²) in [6, 6.07) is 7.26. The Balaban J connectivity index is 1.81. The number of allylic oxidation sites excluding steroid dienone is 2. The average Bonchev–Trinajstić information content (AvgIpc) is 2.55. The van der Waals surface area contributed by atoms with Gasteiger partial charge in [-0.3, -0.25) is 4.31 Å². The third-order valence-electron chi connectivity index (χ3n) is 5.37. The van der Waals surface area contributed by atoms with Gasteiger partial charge in [-0.05, 0) is 56.7 Å². The fourth-order valence-corrected chi connectivity index (χ4v) is 5.60. The molecule has 0 radical (unpaired) electrons. The molecular weight excluding hydrogens is 318 g/mol.